The van der Waals surface area contributed by atoms with Gasteiger partial charge in [0.15, 0.2) is 5.60 Å². The quantitative estimate of drug-likeness (QED) is 0.622. The van der Waals surface area contributed by atoms with Crippen molar-refractivity contribution in [1.29, 1.82) is 0 Å². The third kappa shape index (κ3) is 6.37. The van der Waals surface area contributed by atoms with Gasteiger partial charge >= 0.3 is 12.1 Å². The molecule has 1 saturated heterocycles. The van der Waals surface area contributed by atoms with E-state index < -0.39 is 23.3 Å². The Hall–Kier alpha value is -2.29. The van der Waals surface area contributed by atoms with E-state index in [4.69, 9.17) is 16.3 Å². The number of piperazine rings is 1. The summed E-state index contributed by atoms with van der Waals surface area (Å²) in [6, 6.07) is 10.7. The van der Waals surface area contributed by atoms with Crippen LogP contribution in [0.1, 0.15) is 30.5 Å². The standard InChI is InChI=1S/C23H26ClF3N2O3/c1-22(2,21(30)31)32-20-8-5-17(13-19(20)24)15-29-11-9-28(10-12-29)14-16-3-6-18(7-4-16)23(25,26)27/h3-8,13H,9-12,14-15H2,1-2H3,(H,30,31). The van der Waals surface area contributed by atoms with E-state index in [1.165, 1.54) is 26.0 Å². The molecule has 1 aliphatic heterocycles. The number of alkyl halides is 3. The summed E-state index contributed by atoms with van der Waals surface area (Å²) in [5.74, 6) is -0.754. The Kier molecular flexibility index (Phi) is 7.37. The van der Waals surface area contributed by atoms with Crippen LogP contribution in [0.3, 0.4) is 0 Å². The van der Waals surface area contributed by atoms with Gasteiger partial charge in [0, 0.05) is 39.3 Å². The van der Waals surface area contributed by atoms with Gasteiger partial charge in [-0.3, -0.25) is 9.80 Å². The lowest BCUT2D eigenvalue weighted by molar-refractivity contribution is -0.152. The fraction of sp³-hybridized carbons (Fsp3) is 0.435. The van der Waals surface area contributed by atoms with Crippen molar-refractivity contribution in [3.05, 3.63) is 64.2 Å². The van der Waals surface area contributed by atoms with Crippen molar-refractivity contribution in [1.82, 2.24) is 9.80 Å². The molecule has 1 fully saturated rings. The molecule has 0 unspecified atom stereocenters. The van der Waals surface area contributed by atoms with Crippen LogP contribution >= 0.6 is 11.6 Å². The highest BCUT2D eigenvalue weighted by Crippen LogP contribution is 2.30. The van der Waals surface area contributed by atoms with E-state index in [0.29, 0.717) is 23.9 Å². The smallest absolute Gasteiger partial charge is 0.416 e. The van der Waals surface area contributed by atoms with Crippen LogP contribution < -0.4 is 4.74 Å². The fourth-order valence-electron chi connectivity index (χ4n) is 3.47. The summed E-state index contributed by atoms with van der Waals surface area (Å²) in [7, 11) is 0. The predicted octanol–water partition coefficient (Wildman–Crippen LogP) is 4.92. The van der Waals surface area contributed by atoms with E-state index in [-0.39, 0.29) is 0 Å². The van der Waals surface area contributed by atoms with E-state index in [0.717, 1.165) is 49.4 Å². The van der Waals surface area contributed by atoms with Crippen molar-refractivity contribution in [2.45, 2.75) is 38.7 Å². The second-order valence-electron chi connectivity index (χ2n) is 8.43. The number of ether oxygens (including phenoxy) is 1. The third-order valence-corrected chi connectivity index (χ3v) is 5.73. The van der Waals surface area contributed by atoms with Gasteiger partial charge < -0.3 is 9.84 Å². The van der Waals surface area contributed by atoms with Crippen molar-refractivity contribution in [2.75, 3.05) is 26.2 Å². The van der Waals surface area contributed by atoms with E-state index >= 15 is 0 Å². The van der Waals surface area contributed by atoms with Gasteiger partial charge in [-0.25, -0.2) is 4.79 Å². The maximum absolute atomic E-state index is 12.7. The van der Waals surface area contributed by atoms with Crippen molar-refractivity contribution in [3.8, 4) is 5.75 Å². The Labute approximate surface area is 190 Å². The average molecular weight is 471 g/mol. The van der Waals surface area contributed by atoms with Crippen molar-refractivity contribution in [3.63, 3.8) is 0 Å². The first kappa shape index (κ1) is 24.4. The lowest BCUT2D eigenvalue weighted by Crippen LogP contribution is -2.45. The van der Waals surface area contributed by atoms with Gasteiger partial charge in [-0.2, -0.15) is 13.2 Å². The molecule has 0 amide bonds. The number of carbonyl (C=O) groups is 1. The lowest BCUT2D eigenvalue weighted by Gasteiger charge is -2.34. The summed E-state index contributed by atoms with van der Waals surface area (Å²) in [5.41, 5.74) is -0.161. The zero-order valence-corrected chi connectivity index (χ0v) is 18.7. The Morgan fingerprint density at radius 3 is 1.94 bits per heavy atom. The van der Waals surface area contributed by atoms with Crippen LogP contribution in [-0.4, -0.2) is 52.7 Å². The number of aliphatic carboxylic acids is 1. The molecule has 0 atom stereocenters. The summed E-state index contributed by atoms with van der Waals surface area (Å²) in [6.45, 7) is 7.49. The van der Waals surface area contributed by atoms with Crippen LogP contribution in [0.2, 0.25) is 5.02 Å². The molecule has 5 nitrogen and oxygen atoms in total. The van der Waals surface area contributed by atoms with Crippen LogP contribution in [0.4, 0.5) is 13.2 Å². The molecular formula is C23H26ClF3N2O3. The second-order valence-corrected chi connectivity index (χ2v) is 8.84. The molecule has 0 radical (unpaired) electrons. The lowest BCUT2D eigenvalue weighted by atomic mass is 10.1. The summed E-state index contributed by atoms with van der Waals surface area (Å²) >= 11 is 6.30. The molecule has 0 aliphatic carbocycles. The van der Waals surface area contributed by atoms with Crippen molar-refractivity contribution >= 4 is 17.6 Å². The van der Waals surface area contributed by atoms with Gasteiger partial charge in [-0.15, -0.1) is 0 Å². The molecular weight excluding hydrogens is 445 g/mol. The largest absolute Gasteiger partial charge is 0.478 e. The molecule has 3 rings (SSSR count). The normalized spacial score (nSPS) is 16.2. The van der Waals surface area contributed by atoms with Crippen LogP contribution in [0.25, 0.3) is 0 Å². The molecule has 2 aromatic rings. The molecule has 0 aromatic heterocycles. The Morgan fingerprint density at radius 1 is 0.969 bits per heavy atom. The molecule has 0 saturated carbocycles. The van der Waals surface area contributed by atoms with Gasteiger partial charge in [0.25, 0.3) is 0 Å². The molecule has 0 spiro atoms. The fourth-order valence-corrected chi connectivity index (χ4v) is 3.71. The molecule has 32 heavy (non-hydrogen) atoms. The number of halogens is 4. The minimum atomic E-state index is -4.32. The van der Waals surface area contributed by atoms with E-state index in [1.54, 1.807) is 12.1 Å². The number of carboxylic acid groups (broad SMARTS) is 1. The highest BCUT2D eigenvalue weighted by atomic mass is 35.5. The molecule has 1 heterocycles. The van der Waals surface area contributed by atoms with E-state index in [1.807, 2.05) is 6.07 Å². The zero-order chi connectivity index (χ0) is 23.5. The highest BCUT2D eigenvalue weighted by Gasteiger charge is 2.31. The van der Waals surface area contributed by atoms with Gasteiger partial charge in [0.05, 0.1) is 10.6 Å². The van der Waals surface area contributed by atoms with Crippen LogP contribution in [0.15, 0.2) is 42.5 Å². The molecule has 2 aromatic carbocycles. The SMILES string of the molecule is CC(C)(Oc1ccc(CN2CCN(Cc3ccc(C(F)(F)F)cc3)CC2)cc1Cl)C(=O)O. The van der Waals surface area contributed by atoms with E-state index in [9.17, 15) is 23.1 Å². The summed E-state index contributed by atoms with van der Waals surface area (Å²) in [6.07, 6.45) is -4.32. The number of hydrogen-bond acceptors (Lipinski definition) is 4. The molecule has 1 N–H and O–H groups in total. The van der Waals surface area contributed by atoms with Crippen molar-refractivity contribution in [2.24, 2.45) is 0 Å². The molecule has 174 valence electrons. The Balaban J connectivity index is 1.50. The first-order chi connectivity index (χ1) is 14.9. The van der Waals surface area contributed by atoms with Gasteiger partial charge in [0.1, 0.15) is 5.75 Å². The average Bonchev–Trinajstić information content (AvgIpc) is 2.71. The van der Waals surface area contributed by atoms with Crippen LogP contribution in [0.5, 0.6) is 5.75 Å². The predicted molar refractivity (Wildman–Crippen MR) is 116 cm³/mol. The number of nitrogens with zero attached hydrogens (tertiary/aromatic N) is 2. The van der Waals surface area contributed by atoms with Crippen LogP contribution in [-0.2, 0) is 24.1 Å². The summed E-state index contributed by atoms with van der Waals surface area (Å²) in [4.78, 5) is 15.7. The number of rotatable bonds is 7. The summed E-state index contributed by atoms with van der Waals surface area (Å²) < 4.78 is 43.6. The molecule has 0 bridgehead atoms. The summed E-state index contributed by atoms with van der Waals surface area (Å²) in [5, 5.41) is 9.56. The van der Waals surface area contributed by atoms with Crippen molar-refractivity contribution < 1.29 is 27.8 Å². The van der Waals surface area contributed by atoms with Gasteiger partial charge in [0.2, 0.25) is 0 Å². The Morgan fingerprint density at radius 2 is 1.47 bits per heavy atom. The highest BCUT2D eigenvalue weighted by molar-refractivity contribution is 6.32. The van der Waals surface area contributed by atoms with Gasteiger partial charge in [-0.1, -0.05) is 29.8 Å². The van der Waals surface area contributed by atoms with Crippen LogP contribution in [0, 0.1) is 0 Å². The number of hydrogen-bond donors (Lipinski definition) is 1. The first-order valence-electron chi connectivity index (χ1n) is 10.3. The first-order valence-corrected chi connectivity index (χ1v) is 10.6. The number of benzene rings is 2. The third-order valence-electron chi connectivity index (χ3n) is 5.43. The second kappa shape index (κ2) is 9.68. The van der Waals surface area contributed by atoms with Gasteiger partial charge in [-0.05, 0) is 49.2 Å². The Bertz CT molecular complexity index is 940. The monoisotopic (exact) mass is 470 g/mol. The topological polar surface area (TPSA) is 53.0 Å². The maximum Gasteiger partial charge on any atom is 0.416 e. The molecule has 9 heteroatoms. The molecule has 1 aliphatic rings. The number of carboxylic acids is 1. The minimum Gasteiger partial charge on any atom is -0.478 e. The minimum absolute atomic E-state index is 0.323. The zero-order valence-electron chi connectivity index (χ0n) is 18.0. The maximum atomic E-state index is 12.7. The van der Waals surface area contributed by atoms with E-state index in [2.05, 4.69) is 9.80 Å².